The number of rotatable bonds is 1. The van der Waals surface area contributed by atoms with Gasteiger partial charge in [0.25, 0.3) is 0 Å². The van der Waals surface area contributed by atoms with Crippen LogP contribution < -0.4 is 0 Å². The normalized spacial score (nSPS) is 32.0. The molecule has 4 heteroatoms. The molecule has 0 spiro atoms. The van der Waals surface area contributed by atoms with E-state index < -0.39 is 10.0 Å². The summed E-state index contributed by atoms with van der Waals surface area (Å²) in [7, 11) is -3.01. The third-order valence-corrected chi connectivity index (χ3v) is 5.48. The number of nitrogens with zero attached hydrogens (tertiary/aromatic N) is 1. The van der Waals surface area contributed by atoms with E-state index in [0.29, 0.717) is 6.54 Å². The van der Waals surface area contributed by atoms with E-state index in [1.165, 1.54) is 0 Å². The number of hydrogen-bond acceptors (Lipinski definition) is 2. The summed E-state index contributed by atoms with van der Waals surface area (Å²) in [4.78, 5) is 0. The lowest BCUT2D eigenvalue weighted by Crippen LogP contribution is -2.52. The van der Waals surface area contributed by atoms with Gasteiger partial charge in [0, 0.05) is 12.6 Å². The van der Waals surface area contributed by atoms with Gasteiger partial charge in [0.1, 0.15) is 0 Å². The van der Waals surface area contributed by atoms with Crippen LogP contribution in [0.4, 0.5) is 0 Å². The smallest absolute Gasteiger partial charge is 0.212 e. The lowest BCUT2D eigenvalue weighted by atomic mass is 9.80. The summed E-state index contributed by atoms with van der Waals surface area (Å²) in [5.41, 5.74) is 0.0928. The molecule has 0 N–H and O–H groups in total. The summed E-state index contributed by atoms with van der Waals surface area (Å²) in [6.45, 7) is 10.8. The fourth-order valence-corrected chi connectivity index (χ4v) is 4.24. The van der Waals surface area contributed by atoms with Gasteiger partial charge in [0.05, 0.1) is 5.75 Å². The minimum absolute atomic E-state index is 0.0757. The van der Waals surface area contributed by atoms with E-state index in [0.717, 1.165) is 0 Å². The molecule has 1 saturated heterocycles. The summed E-state index contributed by atoms with van der Waals surface area (Å²) in [6.07, 6.45) is 0. The zero-order chi connectivity index (χ0) is 11.1. The molecule has 0 bridgehead atoms. The first kappa shape index (κ1) is 12.0. The highest BCUT2D eigenvalue weighted by atomic mass is 32.2. The first-order valence-corrected chi connectivity index (χ1v) is 6.77. The summed E-state index contributed by atoms with van der Waals surface area (Å²) < 4.78 is 25.3. The van der Waals surface area contributed by atoms with Gasteiger partial charge in [-0.1, -0.05) is 20.8 Å². The molecule has 0 aliphatic carbocycles. The van der Waals surface area contributed by atoms with Gasteiger partial charge in [-0.15, -0.1) is 0 Å². The molecule has 3 nitrogen and oxygen atoms in total. The highest BCUT2D eigenvalue weighted by Gasteiger charge is 2.42. The van der Waals surface area contributed by atoms with Crippen LogP contribution in [0.2, 0.25) is 0 Å². The lowest BCUT2D eigenvalue weighted by Gasteiger charge is -2.43. The van der Waals surface area contributed by atoms with Gasteiger partial charge in [-0.25, -0.2) is 8.42 Å². The van der Waals surface area contributed by atoms with Crippen molar-refractivity contribution in [1.82, 2.24) is 4.31 Å². The van der Waals surface area contributed by atoms with E-state index in [4.69, 9.17) is 0 Å². The van der Waals surface area contributed by atoms with Crippen molar-refractivity contribution in [3.63, 3.8) is 0 Å². The van der Waals surface area contributed by atoms with Gasteiger partial charge >= 0.3 is 0 Å². The Labute approximate surface area is 87.5 Å². The average Bonchev–Trinajstić information content (AvgIpc) is 1.96. The van der Waals surface area contributed by atoms with Gasteiger partial charge in [-0.05, 0) is 25.2 Å². The summed E-state index contributed by atoms with van der Waals surface area (Å²) in [6, 6.07) is 0.0757. The Hall–Kier alpha value is -0.0900. The van der Waals surface area contributed by atoms with Crippen LogP contribution >= 0.6 is 0 Å². The lowest BCUT2D eigenvalue weighted by molar-refractivity contribution is 0.152. The zero-order valence-electron chi connectivity index (χ0n) is 9.74. The monoisotopic (exact) mass is 219 g/mol. The summed E-state index contributed by atoms with van der Waals surface area (Å²) in [5, 5.41) is 0. The maximum atomic E-state index is 11.8. The second-order valence-corrected chi connectivity index (χ2v) is 7.27. The van der Waals surface area contributed by atoms with Gasteiger partial charge in [0.2, 0.25) is 10.0 Å². The van der Waals surface area contributed by atoms with Crippen LogP contribution in [0.5, 0.6) is 0 Å². The predicted octanol–water partition coefficient (Wildman–Crippen LogP) is 1.70. The number of hydrogen-bond donors (Lipinski definition) is 0. The van der Waals surface area contributed by atoms with Crippen molar-refractivity contribution < 1.29 is 8.42 Å². The molecular weight excluding hydrogens is 198 g/mol. The van der Waals surface area contributed by atoms with Crippen molar-refractivity contribution in [2.75, 3.05) is 12.3 Å². The highest BCUT2D eigenvalue weighted by molar-refractivity contribution is 7.89. The molecule has 1 rings (SSSR count). The van der Waals surface area contributed by atoms with Gasteiger partial charge in [-0.2, -0.15) is 4.31 Å². The standard InChI is InChI=1S/C10H21NO2S/c1-8(2)11-7-10(4,5)9(3)6-14(11,12)13/h8-9H,6-7H2,1-5H3. The van der Waals surface area contributed by atoms with Crippen LogP contribution in [-0.2, 0) is 10.0 Å². The largest absolute Gasteiger partial charge is 0.214 e. The van der Waals surface area contributed by atoms with Crippen molar-refractivity contribution in [2.45, 2.75) is 40.7 Å². The Morgan fingerprint density at radius 1 is 1.36 bits per heavy atom. The van der Waals surface area contributed by atoms with Crippen molar-refractivity contribution >= 4 is 10.0 Å². The Bertz CT molecular complexity index is 306. The van der Waals surface area contributed by atoms with Crippen LogP contribution in [0.25, 0.3) is 0 Å². The van der Waals surface area contributed by atoms with E-state index in [1.54, 1.807) is 4.31 Å². The predicted molar refractivity (Wildman–Crippen MR) is 58.6 cm³/mol. The molecule has 14 heavy (non-hydrogen) atoms. The average molecular weight is 219 g/mol. The number of sulfonamides is 1. The first-order chi connectivity index (χ1) is 6.17. The van der Waals surface area contributed by atoms with E-state index in [9.17, 15) is 8.42 Å². The SMILES string of the molecule is CC(C)N1CC(C)(C)C(C)CS1(=O)=O. The highest BCUT2D eigenvalue weighted by Crippen LogP contribution is 2.35. The minimum atomic E-state index is -3.01. The molecule has 1 aliphatic rings. The zero-order valence-corrected chi connectivity index (χ0v) is 10.6. The molecule has 0 aromatic rings. The second kappa shape index (κ2) is 3.49. The van der Waals surface area contributed by atoms with Gasteiger partial charge < -0.3 is 0 Å². The van der Waals surface area contributed by atoms with Gasteiger partial charge in [-0.3, -0.25) is 0 Å². The van der Waals surface area contributed by atoms with Crippen molar-refractivity contribution in [3.8, 4) is 0 Å². The van der Waals surface area contributed by atoms with Crippen LogP contribution in [-0.4, -0.2) is 31.1 Å². The van der Waals surface area contributed by atoms with E-state index in [-0.39, 0.29) is 23.1 Å². The first-order valence-electron chi connectivity index (χ1n) is 5.16. The van der Waals surface area contributed by atoms with E-state index in [1.807, 2.05) is 20.8 Å². The van der Waals surface area contributed by atoms with Crippen LogP contribution in [0, 0.1) is 11.3 Å². The maximum absolute atomic E-state index is 11.8. The Morgan fingerprint density at radius 2 is 1.86 bits per heavy atom. The Balaban J connectivity index is 2.98. The Morgan fingerprint density at radius 3 is 2.29 bits per heavy atom. The van der Waals surface area contributed by atoms with Crippen LogP contribution in [0.15, 0.2) is 0 Å². The summed E-state index contributed by atoms with van der Waals surface area (Å²) in [5.74, 6) is 0.528. The molecular formula is C10H21NO2S. The third-order valence-electron chi connectivity index (χ3n) is 3.29. The van der Waals surface area contributed by atoms with Gasteiger partial charge in [0.15, 0.2) is 0 Å². The molecule has 84 valence electrons. The maximum Gasteiger partial charge on any atom is 0.214 e. The fraction of sp³-hybridized carbons (Fsp3) is 1.00. The molecule has 0 aromatic heterocycles. The second-order valence-electron chi connectivity index (χ2n) is 5.31. The molecule has 0 saturated carbocycles. The van der Waals surface area contributed by atoms with Crippen molar-refractivity contribution in [1.29, 1.82) is 0 Å². The molecule has 0 aromatic carbocycles. The molecule has 1 fully saturated rings. The molecule has 1 aliphatic heterocycles. The van der Waals surface area contributed by atoms with E-state index >= 15 is 0 Å². The van der Waals surface area contributed by atoms with Crippen LogP contribution in [0.1, 0.15) is 34.6 Å². The van der Waals surface area contributed by atoms with Crippen molar-refractivity contribution in [3.05, 3.63) is 0 Å². The topological polar surface area (TPSA) is 37.4 Å². The molecule has 0 amide bonds. The quantitative estimate of drug-likeness (QED) is 0.673. The van der Waals surface area contributed by atoms with E-state index in [2.05, 4.69) is 13.8 Å². The van der Waals surface area contributed by atoms with Crippen LogP contribution in [0.3, 0.4) is 0 Å². The Kier molecular flexibility index (Phi) is 2.99. The molecule has 1 unspecified atom stereocenters. The van der Waals surface area contributed by atoms with Crippen molar-refractivity contribution in [2.24, 2.45) is 11.3 Å². The molecule has 1 heterocycles. The fourth-order valence-electron chi connectivity index (χ4n) is 1.80. The molecule has 0 radical (unpaired) electrons. The summed E-state index contributed by atoms with van der Waals surface area (Å²) >= 11 is 0. The minimum Gasteiger partial charge on any atom is -0.212 e. The third kappa shape index (κ3) is 2.11. The molecule has 1 atom stereocenters.